The minimum atomic E-state index is -0.271. The molecule has 0 bridgehead atoms. The number of para-hydroxylation sites is 1. The summed E-state index contributed by atoms with van der Waals surface area (Å²) in [6, 6.07) is 16.3. The maximum atomic E-state index is 13.0. The molecule has 1 atom stereocenters. The number of likely N-dealkylation sites (tertiary alicyclic amines) is 1. The van der Waals surface area contributed by atoms with Crippen molar-refractivity contribution in [3.05, 3.63) is 71.7 Å². The fourth-order valence-corrected chi connectivity index (χ4v) is 4.23. The summed E-state index contributed by atoms with van der Waals surface area (Å²) in [5.41, 5.74) is 2.77. The molecule has 0 radical (unpaired) electrons. The van der Waals surface area contributed by atoms with Crippen LogP contribution in [0.25, 0.3) is 10.9 Å². The number of ketones is 1. The van der Waals surface area contributed by atoms with Crippen molar-refractivity contribution in [3.63, 3.8) is 0 Å². The lowest BCUT2D eigenvalue weighted by molar-refractivity contribution is -0.118. The molecule has 4 nitrogen and oxygen atoms in total. The zero-order valence-corrected chi connectivity index (χ0v) is 18.0. The average molecular weight is 421 g/mol. The normalized spacial score (nSPS) is 17.0. The van der Waals surface area contributed by atoms with Crippen molar-refractivity contribution < 1.29 is 13.9 Å². The molecule has 0 saturated carbocycles. The second kappa shape index (κ2) is 10.0. The Balaban J connectivity index is 1.26. The number of ether oxygens (including phenoxy) is 1. The van der Waals surface area contributed by atoms with E-state index >= 15 is 0 Å². The molecule has 0 N–H and O–H groups in total. The Bertz CT molecular complexity index is 1040. The lowest BCUT2D eigenvalue weighted by atomic mass is 9.98. The minimum Gasteiger partial charge on any atom is -0.491 e. The first kappa shape index (κ1) is 21.4. The number of hydrogen-bond donors (Lipinski definition) is 0. The third-order valence-corrected chi connectivity index (χ3v) is 5.92. The predicted octanol–water partition coefficient (Wildman–Crippen LogP) is 4.98. The zero-order chi connectivity index (χ0) is 21.6. The van der Waals surface area contributed by atoms with Crippen LogP contribution in [0.5, 0.6) is 5.75 Å². The third-order valence-electron chi connectivity index (χ3n) is 5.92. The molecule has 5 heteroatoms. The minimum absolute atomic E-state index is 0.196. The van der Waals surface area contributed by atoms with Gasteiger partial charge in [-0.05, 0) is 56.1 Å². The van der Waals surface area contributed by atoms with Crippen LogP contribution >= 0.6 is 0 Å². The molecule has 1 unspecified atom stereocenters. The zero-order valence-electron chi connectivity index (χ0n) is 18.0. The number of rotatable bonds is 8. The molecule has 1 aromatic heterocycles. The molecule has 1 fully saturated rings. The molecular formula is C26H29FN2O2. The average Bonchev–Trinajstić information content (AvgIpc) is 2.78. The summed E-state index contributed by atoms with van der Waals surface area (Å²) in [7, 11) is 0. The van der Waals surface area contributed by atoms with E-state index < -0.39 is 0 Å². The van der Waals surface area contributed by atoms with Gasteiger partial charge >= 0.3 is 0 Å². The number of carbonyl (C=O) groups excluding carboxylic acids is 1. The van der Waals surface area contributed by atoms with E-state index in [2.05, 4.69) is 22.0 Å². The van der Waals surface area contributed by atoms with Crippen LogP contribution in [0, 0.1) is 18.7 Å². The van der Waals surface area contributed by atoms with Gasteiger partial charge in [-0.15, -0.1) is 0 Å². The van der Waals surface area contributed by atoms with Gasteiger partial charge < -0.3 is 9.64 Å². The van der Waals surface area contributed by atoms with Crippen molar-refractivity contribution >= 4 is 16.7 Å². The van der Waals surface area contributed by atoms with Gasteiger partial charge in [0.1, 0.15) is 22.9 Å². The molecule has 2 heterocycles. The van der Waals surface area contributed by atoms with E-state index in [1.54, 1.807) is 12.1 Å². The van der Waals surface area contributed by atoms with E-state index in [4.69, 9.17) is 4.74 Å². The first-order chi connectivity index (χ1) is 15.1. The molecule has 3 aromatic rings. The number of Topliss-reactive ketones (excluding diaryl/α,β-unsaturated/α-hetero) is 1. The van der Waals surface area contributed by atoms with Gasteiger partial charge in [0.05, 0.1) is 6.61 Å². The number of pyridine rings is 1. The maximum absolute atomic E-state index is 13.0. The van der Waals surface area contributed by atoms with Crippen LogP contribution in [0.3, 0.4) is 0 Å². The van der Waals surface area contributed by atoms with Gasteiger partial charge in [-0.25, -0.2) is 9.37 Å². The summed E-state index contributed by atoms with van der Waals surface area (Å²) >= 11 is 0. The molecule has 31 heavy (non-hydrogen) atoms. The highest BCUT2D eigenvalue weighted by atomic mass is 19.1. The van der Waals surface area contributed by atoms with Crippen molar-refractivity contribution in [2.24, 2.45) is 5.92 Å². The van der Waals surface area contributed by atoms with E-state index in [9.17, 15) is 9.18 Å². The molecule has 1 aliphatic heterocycles. The number of piperidine rings is 1. The van der Waals surface area contributed by atoms with Gasteiger partial charge in [-0.3, -0.25) is 4.79 Å². The highest BCUT2D eigenvalue weighted by Crippen LogP contribution is 2.26. The lowest BCUT2D eigenvalue weighted by Gasteiger charge is -2.32. The Labute approximate surface area is 183 Å². The number of aromatic nitrogens is 1. The summed E-state index contributed by atoms with van der Waals surface area (Å²) < 4.78 is 19.2. The number of hydrogen-bond acceptors (Lipinski definition) is 4. The predicted molar refractivity (Wildman–Crippen MR) is 121 cm³/mol. The summed E-state index contributed by atoms with van der Waals surface area (Å²) in [6.45, 7) is 5.39. The van der Waals surface area contributed by atoms with E-state index in [0.717, 1.165) is 60.4 Å². The molecule has 4 rings (SSSR count). The quantitative estimate of drug-likeness (QED) is 0.516. The molecule has 0 spiro atoms. The summed E-state index contributed by atoms with van der Waals surface area (Å²) in [6.07, 6.45) is 3.15. The Hall–Kier alpha value is -2.79. The molecule has 0 aliphatic carbocycles. The molecule has 0 amide bonds. The van der Waals surface area contributed by atoms with E-state index in [-0.39, 0.29) is 11.6 Å². The number of carbonyl (C=O) groups is 1. The molecule has 2 aromatic carbocycles. The SMILES string of the molecule is Cc1ccc2cccc(OCC3CCCN(CCC(=O)Cc4ccc(F)cc4)C3)c2n1. The third kappa shape index (κ3) is 5.88. The van der Waals surface area contributed by atoms with Crippen LogP contribution in [0.15, 0.2) is 54.6 Å². The van der Waals surface area contributed by atoms with Gasteiger partial charge in [0.2, 0.25) is 0 Å². The molecule has 1 saturated heterocycles. The van der Waals surface area contributed by atoms with Crippen LogP contribution in [-0.2, 0) is 11.2 Å². The number of fused-ring (bicyclic) bond motifs is 1. The first-order valence-electron chi connectivity index (χ1n) is 11.0. The molecular weight excluding hydrogens is 391 g/mol. The summed E-state index contributed by atoms with van der Waals surface area (Å²) in [5, 5.41) is 1.09. The first-order valence-corrected chi connectivity index (χ1v) is 11.0. The smallest absolute Gasteiger partial charge is 0.145 e. The second-order valence-electron chi connectivity index (χ2n) is 8.49. The molecule has 162 valence electrons. The second-order valence-corrected chi connectivity index (χ2v) is 8.49. The van der Waals surface area contributed by atoms with Crippen molar-refractivity contribution in [1.82, 2.24) is 9.88 Å². The maximum Gasteiger partial charge on any atom is 0.145 e. The van der Waals surface area contributed by atoms with E-state index in [1.165, 1.54) is 12.1 Å². The fourth-order valence-electron chi connectivity index (χ4n) is 4.23. The summed E-state index contributed by atoms with van der Waals surface area (Å²) in [4.78, 5) is 19.3. The Kier molecular flexibility index (Phi) is 6.92. The number of nitrogens with zero attached hydrogens (tertiary/aromatic N) is 2. The largest absolute Gasteiger partial charge is 0.491 e. The summed E-state index contributed by atoms with van der Waals surface area (Å²) in [5.74, 6) is 1.21. The number of benzene rings is 2. The standard InChI is InChI=1S/C26H29FN2O2/c1-19-7-10-22-5-2-6-25(26(22)28-19)31-18-21-4-3-14-29(17-21)15-13-24(30)16-20-8-11-23(27)12-9-20/h2,5-12,21H,3-4,13-18H2,1H3. The van der Waals surface area contributed by atoms with Crippen LogP contribution in [-0.4, -0.2) is 41.9 Å². The van der Waals surface area contributed by atoms with Gasteiger partial charge in [0.25, 0.3) is 0 Å². The van der Waals surface area contributed by atoms with Gasteiger partial charge in [-0.1, -0.05) is 30.3 Å². The van der Waals surface area contributed by atoms with Crippen LogP contribution in [0.4, 0.5) is 4.39 Å². The fraction of sp³-hybridized carbons (Fsp3) is 0.385. The number of aryl methyl sites for hydroxylation is 1. The van der Waals surface area contributed by atoms with E-state index in [0.29, 0.717) is 25.4 Å². The monoisotopic (exact) mass is 420 g/mol. The van der Waals surface area contributed by atoms with Gasteiger partial charge in [0, 0.05) is 42.9 Å². The van der Waals surface area contributed by atoms with Crippen molar-refractivity contribution in [2.45, 2.75) is 32.6 Å². The van der Waals surface area contributed by atoms with Crippen LogP contribution in [0.2, 0.25) is 0 Å². The van der Waals surface area contributed by atoms with Crippen molar-refractivity contribution in [2.75, 3.05) is 26.2 Å². The highest BCUT2D eigenvalue weighted by Gasteiger charge is 2.21. The number of halogens is 1. The highest BCUT2D eigenvalue weighted by molar-refractivity contribution is 5.84. The van der Waals surface area contributed by atoms with Crippen molar-refractivity contribution in [3.8, 4) is 5.75 Å². The lowest BCUT2D eigenvalue weighted by Crippen LogP contribution is -2.38. The topological polar surface area (TPSA) is 42.4 Å². The Morgan fingerprint density at radius 1 is 1.16 bits per heavy atom. The van der Waals surface area contributed by atoms with Crippen molar-refractivity contribution in [1.29, 1.82) is 0 Å². The Morgan fingerprint density at radius 2 is 2.00 bits per heavy atom. The Morgan fingerprint density at radius 3 is 2.84 bits per heavy atom. The van der Waals surface area contributed by atoms with Crippen LogP contribution < -0.4 is 4.74 Å². The molecule has 1 aliphatic rings. The van der Waals surface area contributed by atoms with Gasteiger partial charge in [0.15, 0.2) is 0 Å². The van der Waals surface area contributed by atoms with E-state index in [1.807, 2.05) is 25.1 Å². The van der Waals surface area contributed by atoms with Crippen LogP contribution in [0.1, 0.15) is 30.5 Å². The van der Waals surface area contributed by atoms with Gasteiger partial charge in [-0.2, -0.15) is 0 Å².